The summed E-state index contributed by atoms with van der Waals surface area (Å²) in [6.45, 7) is 4.78. The summed E-state index contributed by atoms with van der Waals surface area (Å²) in [5.41, 5.74) is 5.35. The van der Waals surface area contributed by atoms with E-state index in [0.29, 0.717) is 12.5 Å². The van der Waals surface area contributed by atoms with Gasteiger partial charge in [-0.1, -0.05) is 6.92 Å². The fraction of sp³-hybridized carbons (Fsp3) is 0.500. The van der Waals surface area contributed by atoms with Gasteiger partial charge in [-0.3, -0.25) is 5.41 Å². The second-order valence-electron chi connectivity index (χ2n) is 5.37. The van der Waals surface area contributed by atoms with E-state index in [2.05, 4.69) is 6.92 Å². The monoisotopic (exact) mass is 267 g/mol. The number of hydrogen-bond acceptors (Lipinski definition) is 2. The van der Waals surface area contributed by atoms with Crippen molar-refractivity contribution in [1.82, 2.24) is 0 Å². The van der Waals surface area contributed by atoms with Crippen molar-refractivity contribution in [2.75, 3.05) is 11.4 Å². The quantitative estimate of drug-likeness (QED) is 0.639. The summed E-state index contributed by atoms with van der Waals surface area (Å²) in [4.78, 5) is 1.77. The third-order valence-corrected chi connectivity index (χ3v) is 3.75. The molecule has 1 saturated heterocycles. The van der Waals surface area contributed by atoms with Gasteiger partial charge in [0.15, 0.2) is 0 Å². The highest BCUT2D eigenvalue weighted by Gasteiger charge is 2.27. The number of nitrogen functional groups attached to an aromatic ring is 1. The van der Waals surface area contributed by atoms with Crippen LogP contribution in [0.15, 0.2) is 12.1 Å². The van der Waals surface area contributed by atoms with E-state index in [1.165, 1.54) is 0 Å². The molecule has 2 unspecified atom stereocenters. The minimum Gasteiger partial charge on any atom is -0.384 e. The lowest BCUT2D eigenvalue weighted by molar-refractivity contribution is 0.371. The Morgan fingerprint density at radius 1 is 1.32 bits per heavy atom. The Hall–Kier alpha value is -1.65. The van der Waals surface area contributed by atoms with E-state index < -0.39 is 11.6 Å². The minimum atomic E-state index is -0.647. The van der Waals surface area contributed by atoms with Crippen molar-refractivity contribution in [3.05, 3.63) is 29.3 Å². The van der Waals surface area contributed by atoms with Crippen LogP contribution in [0.25, 0.3) is 0 Å². The van der Waals surface area contributed by atoms with Gasteiger partial charge in [0, 0.05) is 18.2 Å². The SMILES string of the molecule is CC1CCN(c2c(F)cc(C(=N)N)cc2F)C(C)C1. The number of piperidine rings is 1. The van der Waals surface area contributed by atoms with Crippen molar-refractivity contribution in [1.29, 1.82) is 5.41 Å². The Morgan fingerprint density at radius 3 is 2.37 bits per heavy atom. The molecule has 0 aromatic heterocycles. The predicted octanol–water partition coefficient (Wildman–Crippen LogP) is 2.87. The maximum absolute atomic E-state index is 14.1. The fourth-order valence-corrected chi connectivity index (χ4v) is 2.73. The molecule has 0 saturated carbocycles. The molecule has 1 aromatic carbocycles. The van der Waals surface area contributed by atoms with Gasteiger partial charge >= 0.3 is 0 Å². The van der Waals surface area contributed by atoms with E-state index in [-0.39, 0.29) is 23.1 Å². The van der Waals surface area contributed by atoms with Crippen molar-refractivity contribution in [3.8, 4) is 0 Å². The normalized spacial score (nSPS) is 23.5. The molecule has 2 rings (SSSR count). The van der Waals surface area contributed by atoms with Crippen LogP contribution < -0.4 is 10.6 Å². The Balaban J connectivity index is 2.37. The Morgan fingerprint density at radius 2 is 1.89 bits per heavy atom. The zero-order chi connectivity index (χ0) is 14.2. The van der Waals surface area contributed by atoms with Crippen molar-refractivity contribution in [2.45, 2.75) is 32.7 Å². The molecule has 0 amide bonds. The van der Waals surface area contributed by atoms with E-state index in [9.17, 15) is 8.78 Å². The van der Waals surface area contributed by atoms with Crippen LogP contribution in [0.2, 0.25) is 0 Å². The second-order valence-corrected chi connectivity index (χ2v) is 5.37. The molecule has 1 aliphatic rings. The molecule has 2 atom stereocenters. The first kappa shape index (κ1) is 13.8. The summed E-state index contributed by atoms with van der Waals surface area (Å²) in [6, 6.07) is 2.37. The zero-order valence-corrected chi connectivity index (χ0v) is 11.2. The number of hydrogen-bond donors (Lipinski definition) is 2. The number of benzene rings is 1. The fourth-order valence-electron chi connectivity index (χ4n) is 2.73. The van der Waals surface area contributed by atoms with E-state index >= 15 is 0 Å². The molecule has 0 aliphatic carbocycles. The topological polar surface area (TPSA) is 53.1 Å². The minimum absolute atomic E-state index is 0.00407. The van der Waals surface area contributed by atoms with Crippen LogP contribution in [-0.2, 0) is 0 Å². The van der Waals surface area contributed by atoms with E-state index in [4.69, 9.17) is 11.1 Å². The highest BCUT2D eigenvalue weighted by atomic mass is 19.1. The average Bonchev–Trinajstić information content (AvgIpc) is 2.30. The van der Waals surface area contributed by atoms with Crippen LogP contribution in [0.1, 0.15) is 32.3 Å². The van der Waals surface area contributed by atoms with Gasteiger partial charge in [-0.25, -0.2) is 8.78 Å². The first-order valence-corrected chi connectivity index (χ1v) is 6.50. The molecule has 0 bridgehead atoms. The van der Waals surface area contributed by atoms with Crippen LogP contribution >= 0.6 is 0 Å². The summed E-state index contributed by atoms with van der Waals surface area (Å²) in [6.07, 6.45) is 1.85. The molecule has 3 N–H and O–H groups in total. The van der Waals surface area contributed by atoms with E-state index in [0.717, 1.165) is 25.0 Å². The second kappa shape index (κ2) is 5.15. The molecule has 1 aromatic rings. The number of nitrogens with two attached hydrogens (primary N) is 1. The Labute approximate surface area is 111 Å². The van der Waals surface area contributed by atoms with Crippen molar-refractivity contribution in [2.24, 2.45) is 11.7 Å². The largest absolute Gasteiger partial charge is 0.384 e. The number of nitrogens with one attached hydrogen (secondary N) is 1. The van der Waals surface area contributed by atoms with Gasteiger partial charge in [-0.2, -0.15) is 0 Å². The molecule has 0 spiro atoms. The van der Waals surface area contributed by atoms with Crippen molar-refractivity contribution < 1.29 is 8.78 Å². The molecule has 19 heavy (non-hydrogen) atoms. The molecule has 5 heteroatoms. The van der Waals surface area contributed by atoms with Gasteiger partial charge < -0.3 is 10.6 Å². The maximum atomic E-state index is 14.1. The zero-order valence-electron chi connectivity index (χ0n) is 11.2. The molecule has 104 valence electrons. The summed E-state index contributed by atoms with van der Waals surface area (Å²) in [5, 5.41) is 7.24. The van der Waals surface area contributed by atoms with Gasteiger partial charge in [0.2, 0.25) is 0 Å². The van der Waals surface area contributed by atoms with Gasteiger partial charge in [0.05, 0.1) is 0 Å². The molecular formula is C14H19F2N3. The van der Waals surface area contributed by atoms with Gasteiger partial charge in [-0.15, -0.1) is 0 Å². The maximum Gasteiger partial charge on any atom is 0.150 e. The number of rotatable bonds is 2. The third kappa shape index (κ3) is 2.69. The van der Waals surface area contributed by atoms with Crippen molar-refractivity contribution in [3.63, 3.8) is 0 Å². The summed E-state index contributed by atoms with van der Waals surface area (Å²) in [5.74, 6) is -1.04. The van der Waals surface area contributed by atoms with Gasteiger partial charge in [0.25, 0.3) is 0 Å². The summed E-state index contributed by atoms with van der Waals surface area (Å²) < 4.78 is 28.2. The first-order chi connectivity index (χ1) is 8.90. The summed E-state index contributed by atoms with van der Waals surface area (Å²) in [7, 11) is 0. The van der Waals surface area contributed by atoms with Gasteiger partial charge in [-0.05, 0) is 37.8 Å². The lowest BCUT2D eigenvalue weighted by atomic mass is 9.92. The molecular weight excluding hydrogens is 248 g/mol. The molecule has 0 radical (unpaired) electrons. The molecule has 3 nitrogen and oxygen atoms in total. The highest BCUT2D eigenvalue weighted by molar-refractivity contribution is 5.95. The number of anilines is 1. The Bertz CT molecular complexity index is 478. The first-order valence-electron chi connectivity index (χ1n) is 6.50. The lowest BCUT2D eigenvalue weighted by Gasteiger charge is -2.38. The van der Waals surface area contributed by atoms with Crippen LogP contribution in [0.4, 0.5) is 14.5 Å². The highest BCUT2D eigenvalue weighted by Crippen LogP contribution is 2.32. The molecule has 1 aliphatic heterocycles. The third-order valence-electron chi connectivity index (χ3n) is 3.75. The number of amidine groups is 1. The van der Waals surface area contributed by atoms with Crippen molar-refractivity contribution >= 4 is 11.5 Å². The Kier molecular flexibility index (Phi) is 3.73. The van der Waals surface area contributed by atoms with Gasteiger partial charge in [0.1, 0.15) is 23.2 Å². The smallest absolute Gasteiger partial charge is 0.150 e. The number of nitrogens with zero attached hydrogens (tertiary/aromatic N) is 1. The van der Waals surface area contributed by atoms with Crippen LogP contribution in [0, 0.1) is 23.0 Å². The predicted molar refractivity (Wildman–Crippen MR) is 72.6 cm³/mol. The number of halogens is 2. The van der Waals surface area contributed by atoms with E-state index in [1.54, 1.807) is 4.90 Å². The molecule has 1 fully saturated rings. The summed E-state index contributed by atoms with van der Waals surface area (Å²) >= 11 is 0. The average molecular weight is 267 g/mol. The van der Waals surface area contributed by atoms with Crippen LogP contribution in [0.5, 0.6) is 0 Å². The van der Waals surface area contributed by atoms with E-state index in [1.807, 2.05) is 6.92 Å². The van der Waals surface area contributed by atoms with Crippen LogP contribution in [0.3, 0.4) is 0 Å². The lowest BCUT2D eigenvalue weighted by Crippen LogP contribution is -2.41. The standard InChI is InChI=1S/C14H19F2N3/c1-8-3-4-19(9(2)5-8)13-11(15)6-10(14(17)18)7-12(13)16/h6-9H,3-5H2,1-2H3,(H3,17,18). The van der Waals surface area contributed by atoms with Crippen LogP contribution in [-0.4, -0.2) is 18.4 Å². The molecule has 1 heterocycles.